The molecule has 0 atom stereocenters. The van der Waals surface area contributed by atoms with E-state index in [9.17, 15) is 4.79 Å². The Kier molecular flexibility index (Phi) is 5.87. The number of hydrogen-bond donors (Lipinski definition) is 2. The Labute approximate surface area is 132 Å². The first-order valence-corrected chi connectivity index (χ1v) is 7.79. The molecule has 4 nitrogen and oxygen atoms in total. The predicted octanol–water partition coefficient (Wildman–Crippen LogP) is 1.58. The van der Waals surface area contributed by atoms with Gasteiger partial charge in [-0.25, -0.2) is 0 Å². The molecule has 1 heterocycles. The van der Waals surface area contributed by atoms with Crippen LogP contribution >= 0.6 is 34.2 Å². The number of hydrogen-bond acceptors (Lipinski definition) is 3. The summed E-state index contributed by atoms with van der Waals surface area (Å²) >= 11 is 8.16. The molecule has 0 aliphatic carbocycles. The van der Waals surface area contributed by atoms with Crippen LogP contribution in [0.4, 0.5) is 0 Å². The Morgan fingerprint density at radius 2 is 2.16 bits per heavy atom. The van der Waals surface area contributed by atoms with Crippen molar-refractivity contribution in [2.75, 3.05) is 39.3 Å². The zero-order valence-corrected chi connectivity index (χ0v) is 13.5. The monoisotopic (exact) mass is 393 g/mol. The van der Waals surface area contributed by atoms with Gasteiger partial charge < -0.3 is 10.6 Å². The van der Waals surface area contributed by atoms with Gasteiger partial charge in [-0.2, -0.15) is 0 Å². The van der Waals surface area contributed by atoms with Gasteiger partial charge in [0.05, 0.1) is 5.02 Å². The van der Waals surface area contributed by atoms with Crippen molar-refractivity contribution in [1.29, 1.82) is 0 Å². The van der Waals surface area contributed by atoms with Gasteiger partial charge in [0, 0.05) is 48.4 Å². The third-order valence-electron chi connectivity index (χ3n) is 3.10. The highest BCUT2D eigenvalue weighted by Gasteiger charge is 2.10. The fourth-order valence-electron chi connectivity index (χ4n) is 2.00. The summed E-state index contributed by atoms with van der Waals surface area (Å²) < 4.78 is 0.955. The van der Waals surface area contributed by atoms with E-state index in [1.807, 2.05) is 6.07 Å². The molecule has 1 saturated heterocycles. The van der Waals surface area contributed by atoms with Gasteiger partial charge in [-0.05, 0) is 40.8 Å². The quantitative estimate of drug-likeness (QED) is 0.764. The second-order valence-corrected chi connectivity index (χ2v) is 6.05. The maximum atomic E-state index is 11.9. The van der Waals surface area contributed by atoms with Crippen LogP contribution in [-0.4, -0.2) is 50.1 Å². The van der Waals surface area contributed by atoms with Crippen molar-refractivity contribution < 1.29 is 4.79 Å². The molecule has 19 heavy (non-hydrogen) atoms. The van der Waals surface area contributed by atoms with Crippen molar-refractivity contribution in [1.82, 2.24) is 15.5 Å². The summed E-state index contributed by atoms with van der Waals surface area (Å²) in [5.74, 6) is -0.0616. The minimum absolute atomic E-state index is 0.0616. The number of nitrogens with one attached hydrogen (secondary N) is 2. The molecule has 0 radical (unpaired) electrons. The molecule has 1 aromatic rings. The number of nitrogens with zero attached hydrogens (tertiary/aromatic N) is 1. The van der Waals surface area contributed by atoms with Crippen molar-refractivity contribution in [3.63, 3.8) is 0 Å². The number of halogens is 2. The molecule has 1 aromatic carbocycles. The Bertz CT molecular complexity index is 450. The average Bonchev–Trinajstić information content (AvgIpc) is 2.43. The Morgan fingerprint density at radius 1 is 1.42 bits per heavy atom. The lowest BCUT2D eigenvalue weighted by Crippen LogP contribution is -2.46. The lowest BCUT2D eigenvalue weighted by atomic mass is 10.2. The van der Waals surface area contributed by atoms with Crippen LogP contribution in [0.2, 0.25) is 5.02 Å². The SMILES string of the molecule is O=C(NCCN1CCNCC1)c1ccc(I)c(Cl)c1. The number of rotatable bonds is 4. The molecule has 1 aliphatic rings. The summed E-state index contributed by atoms with van der Waals surface area (Å²) in [4.78, 5) is 14.3. The fourth-order valence-corrected chi connectivity index (χ4v) is 2.52. The van der Waals surface area contributed by atoms with Gasteiger partial charge in [0.2, 0.25) is 0 Å². The smallest absolute Gasteiger partial charge is 0.251 e. The standard InChI is InChI=1S/C13H17ClIN3O/c14-11-9-10(1-2-12(11)15)13(19)17-5-8-18-6-3-16-4-7-18/h1-2,9,16H,3-8H2,(H,17,19). The van der Waals surface area contributed by atoms with Crippen LogP contribution in [-0.2, 0) is 0 Å². The summed E-state index contributed by atoms with van der Waals surface area (Å²) in [7, 11) is 0. The third kappa shape index (κ3) is 4.59. The first-order chi connectivity index (χ1) is 9.16. The average molecular weight is 394 g/mol. The lowest BCUT2D eigenvalue weighted by Gasteiger charge is -2.27. The van der Waals surface area contributed by atoms with Gasteiger partial charge in [-0.3, -0.25) is 9.69 Å². The molecular formula is C13H17ClIN3O. The fraction of sp³-hybridized carbons (Fsp3) is 0.462. The molecular weight excluding hydrogens is 377 g/mol. The van der Waals surface area contributed by atoms with Gasteiger partial charge in [-0.1, -0.05) is 11.6 Å². The van der Waals surface area contributed by atoms with Gasteiger partial charge in [0.1, 0.15) is 0 Å². The van der Waals surface area contributed by atoms with E-state index < -0.39 is 0 Å². The molecule has 1 fully saturated rings. The van der Waals surface area contributed by atoms with Crippen LogP contribution in [0.15, 0.2) is 18.2 Å². The van der Waals surface area contributed by atoms with Crippen molar-refractivity contribution >= 4 is 40.1 Å². The van der Waals surface area contributed by atoms with Crippen molar-refractivity contribution in [2.24, 2.45) is 0 Å². The van der Waals surface area contributed by atoms with E-state index in [4.69, 9.17) is 11.6 Å². The number of carbonyl (C=O) groups is 1. The summed E-state index contributed by atoms with van der Waals surface area (Å²) in [5, 5.41) is 6.86. The van der Waals surface area contributed by atoms with Crippen molar-refractivity contribution in [2.45, 2.75) is 0 Å². The van der Waals surface area contributed by atoms with E-state index in [0.29, 0.717) is 17.1 Å². The summed E-state index contributed by atoms with van der Waals surface area (Å²) in [6.07, 6.45) is 0. The van der Waals surface area contributed by atoms with Crippen LogP contribution in [0.5, 0.6) is 0 Å². The van der Waals surface area contributed by atoms with E-state index in [2.05, 4.69) is 38.1 Å². The molecule has 2 N–H and O–H groups in total. The number of amides is 1. The molecule has 1 amide bonds. The molecule has 104 valence electrons. The minimum Gasteiger partial charge on any atom is -0.351 e. The van der Waals surface area contributed by atoms with E-state index in [-0.39, 0.29) is 5.91 Å². The van der Waals surface area contributed by atoms with E-state index in [1.54, 1.807) is 12.1 Å². The topological polar surface area (TPSA) is 44.4 Å². The molecule has 1 aliphatic heterocycles. The van der Waals surface area contributed by atoms with Crippen LogP contribution in [0.1, 0.15) is 10.4 Å². The van der Waals surface area contributed by atoms with E-state index >= 15 is 0 Å². The van der Waals surface area contributed by atoms with Gasteiger partial charge in [0.25, 0.3) is 5.91 Å². The molecule has 0 saturated carbocycles. The van der Waals surface area contributed by atoms with Crippen molar-refractivity contribution in [3.05, 3.63) is 32.4 Å². The van der Waals surface area contributed by atoms with E-state index in [0.717, 1.165) is 36.3 Å². The Hall–Kier alpha value is -0.370. The lowest BCUT2D eigenvalue weighted by molar-refractivity contribution is 0.0947. The minimum atomic E-state index is -0.0616. The Morgan fingerprint density at radius 3 is 2.84 bits per heavy atom. The third-order valence-corrected chi connectivity index (χ3v) is 4.68. The van der Waals surface area contributed by atoms with Gasteiger partial charge in [-0.15, -0.1) is 0 Å². The van der Waals surface area contributed by atoms with Crippen LogP contribution in [0.3, 0.4) is 0 Å². The summed E-state index contributed by atoms with van der Waals surface area (Å²) in [6, 6.07) is 5.37. The molecule has 0 spiro atoms. The number of carbonyl (C=O) groups excluding carboxylic acids is 1. The van der Waals surface area contributed by atoms with Gasteiger partial charge >= 0.3 is 0 Å². The largest absolute Gasteiger partial charge is 0.351 e. The van der Waals surface area contributed by atoms with Gasteiger partial charge in [0.15, 0.2) is 0 Å². The summed E-state index contributed by atoms with van der Waals surface area (Å²) in [5.41, 5.74) is 0.616. The highest BCUT2D eigenvalue weighted by molar-refractivity contribution is 14.1. The van der Waals surface area contributed by atoms with Crippen LogP contribution in [0, 0.1) is 3.57 Å². The molecule has 0 unspecified atom stereocenters. The number of piperazine rings is 1. The molecule has 6 heteroatoms. The Balaban J connectivity index is 1.78. The van der Waals surface area contributed by atoms with E-state index in [1.165, 1.54) is 0 Å². The molecule has 0 aromatic heterocycles. The maximum Gasteiger partial charge on any atom is 0.251 e. The highest BCUT2D eigenvalue weighted by atomic mass is 127. The molecule has 0 bridgehead atoms. The molecule has 2 rings (SSSR count). The second kappa shape index (κ2) is 7.42. The normalized spacial score (nSPS) is 16.3. The zero-order chi connectivity index (χ0) is 13.7. The summed E-state index contributed by atoms with van der Waals surface area (Å²) in [6.45, 7) is 5.71. The highest BCUT2D eigenvalue weighted by Crippen LogP contribution is 2.19. The van der Waals surface area contributed by atoms with Crippen LogP contribution in [0.25, 0.3) is 0 Å². The zero-order valence-electron chi connectivity index (χ0n) is 10.6. The second-order valence-electron chi connectivity index (χ2n) is 4.48. The van der Waals surface area contributed by atoms with Crippen molar-refractivity contribution in [3.8, 4) is 0 Å². The number of benzene rings is 1. The first-order valence-electron chi connectivity index (χ1n) is 6.33. The first kappa shape index (κ1) is 15.0. The van der Waals surface area contributed by atoms with Crippen LogP contribution < -0.4 is 10.6 Å². The maximum absolute atomic E-state index is 11.9. The predicted molar refractivity (Wildman–Crippen MR) is 85.8 cm³/mol.